The van der Waals surface area contributed by atoms with Gasteiger partial charge in [0.05, 0.1) is 23.2 Å². The first-order valence-corrected chi connectivity index (χ1v) is 9.18. The summed E-state index contributed by atoms with van der Waals surface area (Å²) in [5.74, 6) is 1.22. The zero-order valence-corrected chi connectivity index (χ0v) is 13.8. The van der Waals surface area contributed by atoms with Crippen molar-refractivity contribution in [2.24, 2.45) is 0 Å². The fourth-order valence-electron chi connectivity index (χ4n) is 2.64. The summed E-state index contributed by atoms with van der Waals surface area (Å²) in [6.45, 7) is 1.84. The van der Waals surface area contributed by atoms with Crippen LogP contribution in [0.2, 0.25) is 0 Å². The van der Waals surface area contributed by atoms with E-state index < -0.39 is 10.0 Å². The number of benzene rings is 1. The molecule has 23 heavy (non-hydrogen) atoms. The van der Waals surface area contributed by atoms with E-state index in [0.717, 1.165) is 12.8 Å². The van der Waals surface area contributed by atoms with Crippen molar-refractivity contribution >= 4 is 10.0 Å². The summed E-state index contributed by atoms with van der Waals surface area (Å²) >= 11 is 0. The summed E-state index contributed by atoms with van der Waals surface area (Å²) in [5.41, 5.74) is 0.674. The SMILES string of the molecule is Cc1ncoc1CNS(=O)(=O)c1ccc(OC2CCCC2)cc1. The minimum Gasteiger partial charge on any atom is -0.490 e. The molecule has 0 saturated heterocycles. The predicted octanol–water partition coefficient (Wildman–Crippen LogP) is 2.78. The van der Waals surface area contributed by atoms with Crippen molar-refractivity contribution in [3.05, 3.63) is 42.1 Å². The lowest BCUT2D eigenvalue weighted by Crippen LogP contribution is -2.23. The fourth-order valence-corrected chi connectivity index (χ4v) is 3.62. The van der Waals surface area contributed by atoms with Crippen molar-refractivity contribution in [3.8, 4) is 5.75 Å². The van der Waals surface area contributed by atoms with E-state index in [1.54, 1.807) is 31.2 Å². The summed E-state index contributed by atoms with van der Waals surface area (Å²) in [6.07, 6.45) is 6.08. The molecule has 1 fully saturated rings. The average molecular weight is 336 g/mol. The highest BCUT2D eigenvalue weighted by Gasteiger charge is 2.18. The number of nitrogens with zero attached hydrogens (tertiary/aromatic N) is 1. The van der Waals surface area contributed by atoms with Crippen LogP contribution in [0, 0.1) is 6.92 Å². The molecule has 2 aromatic rings. The van der Waals surface area contributed by atoms with Crippen LogP contribution in [0.25, 0.3) is 0 Å². The molecule has 3 rings (SSSR count). The molecule has 0 bridgehead atoms. The van der Waals surface area contributed by atoms with Crippen LogP contribution in [0.5, 0.6) is 5.75 Å². The van der Waals surface area contributed by atoms with Gasteiger partial charge in [-0.3, -0.25) is 0 Å². The topological polar surface area (TPSA) is 81.4 Å². The van der Waals surface area contributed by atoms with Gasteiger partial charge in [-0.1, -0.05) is 0 Å². The van der Waals surface area contributed by atoms with E-state index >= 15 is 0 Å². The average Bonchev–Trinajstić information content (AvgIpc) is 3.18. The molecule has 7 heteroatoms. The van der Waals surface area contributed by atoms with Crippen LogP contribution in [0.1, 0.15) is 37.1 Å². The van der Waals surface area contributed by atoms with Gasteiger partial charge in [0.2, 0.25) is 10.0 Å². The summed E-state index contributed by atoms with van der Waals surface area (Å²) in [5, 5.41) is 0. The van der Waals surface area contributed by atoms with Gasteiger partial charge in [-0.2, -0.15) is 0 Å². The second-order valence-electron chi connectivity index (χ2n) is 5.68. The molecule has 0 aliphatic heterocycles. The first-order valence-electron chi connectivity index (χ1n) is 7.70. The molecule has 1 aromatic carbocycles. The van der Waals surface area contributed by atoms with Gasteiger partial charge >= 0.3 is 0 Å². The molecule has 1 heterocycles. The first kappa shape index (κ1) is 16.0. The van der Waals surface area contributed by atoms with Crippen molar-refractivity contribution in [2.45, 2.75) is 50.2 Å². The molecule has 0 radical (unpaired) electrons. The number of ether oxygens (including phenoxy) is 1. The first-order chi connectivity index (χ1) is 11.0. The molecule has 0 amide bonds. The highest BCUT2D eigenvalue weighted by atomic mass is 32.2. The summed E-state index contributed by atoms with van der Waals surface area (Å²) in [7, 11) is -3.59. The maximum absolute atomic E-state index is 12.3. The molecular weight excluding hydrogens is 316 g/mol. The molecule has 0 unspecified atom stereocenters. The summed E-state index contributed by atoms with van der Waals surface area (Å²) < 4.78 is 38.0. The molecular formula is C16H20N2O4S. The van der Waals surface area contributed by atoms with Gasteiger partial charge in [-0.05, 0) is 56.9 Å². The highest BCUT2D eigenvalue weighted by Crippen LogP contribution is 2.25. The Morgan fingerprint density at radius 2 is 1.96 bits per heavy atom. The van der Waals surface area contributed by atoms with E-state index in [0.29, 0.717) is 17.2 Å². The molecule has 1 aliphatic carbocycles. The van der Waals surface area contributed by atoms with Crippen LogP contribution in [0.4, 0.5) is 0 Å². The van der Waals surface area contributed by atoms with E-state index in [1.165, 1.54) is 19.2 Å². The Hall–Kier alpha value is -1.86. The van der Waals surface area contributed by atoms with Crippen LogP contribution in [-0.2, 0) is 16.6 Å². The van der Waals surface area contributed by atoms with Crippen molar-refractivity contribution < 1.29 is 17.6 Å². The number of aromatic nitrogens is 1. The zero-order valence-electron chi connectivity index (χ0n) is 13.0. The highest BCUT2D eigenvalue weighted by molar-refractivity contribution is 7.89. The van der Waals surface area contributed by atoms with Gasteiger partial charge in [0.1, 0.15) is 11.5 Å². The van der Waals surface area contributed by atoms with E-state index in [2.05, 4.69) is 9.71 Å². The quantitative estimate of drug-likeness (QED) is 0.877. The van der Waals surface area contributed by atoms with Crippen LogP contribution >= 0.6 is 0 Å². The molecule has 1 saturated carbocycles. The second-order valence-corrected chi connectivity index (χ2v) is 7.45. The third kappa shape index (κ3) is 3.92. The Kier molecular flexibility index (Phi) is 4.68. The molecule has 0 atom stereocenters. The number of nitrogens with one attached hydrogen (secondary N) is 1. The molecule has 124 valence electrons. The molecule has 0 spiro atoms. The predicted molar refractivity (Wildman–Crippen MR) is 84.6 cm³/mol. The Morgan fingerprint density at radius 3 is 2.57 bits per heavy atom. The lowest BCUT2D eigenvalue weighted by Gasteiger charge is -2.13. The number of oxazole rings is 1. The molecule has 1 N–H and O–H groups in total. The number of hydrogen-bond acceptors (Lipinski definition) is 5. The van der Waals surface area contributed by atoms with E-state index in [4.69, 9.17) is 9.15 Å². The fraction of sp³-hybridized carbons (Fsp3) is 0.438. The summed E-state index contributed by atoms with van der Waals surface area (Å²) in [6, 6.07) is 6.51. The zero-order chi connectivity index (χ0) is 16.3. The van der Waals surface area contributed by atoms with Crippen LogP contribution in [0.15, 0.2) is 40.0 Å². The van der Waals surface area contributed by atoms with E-state index in [1.807, 2.05) is 0 Å². The normalized spacial score (nSPS) is 15.9. The van der Waals surface area contributed by atoms with Gasteiger partial charge in [-0.25, -0.2) is 18.1 Å². The third-order valence-corrected chi connectivity index (χ3v) is 5.42. The van der Waals surface area contributed by atoms with Gasteiger partial charge in [-0.15, -0.1) is 0 Å². The standard InChI is InChI=1S/C16H20N2O4S/c1-12-16(21-11-17-12)10-18-23(19,20)15-8-6-14(7-9-15)22-13-4-2-3-5-13/h6-9,11,13,18H,2-5,10H2,1H3. The minimum absolute atomic E-state index is 0.0779. The maximum atomic E-state index is 12.3. The van der Waals surface area contributed by atoms with Crippen molar-refractivity contribution in [3.63, 3.8) is 0 Å². The van der Waals surface area contributed by atoms with Crippen molar-refractivity contribution in [1.29, 1.82) is 0 Å². The minimum atomic E-state index is -3.59. The molecule has 6 nitrogen and oxygen atoms in total. The Bertz CT molecular complexity index is 747. The monoisotopic (exact) mass is 336 g/mol. The summed E-state index contributed by atoms with van der Waals surface area (Å²) in [4.78, 5) is 4.13. The lowest BCUT2D eigenvalue weighted by molar-refractivity contribution is 0.210. The van der Waals surface area contributed by atoms with Gasteiger partial charge in [0, 0.05) is 0 Å². The lowest BCUT2D eigenvalue weighted by atomic mass is 10.3. The van der Waals surface area contributed by atoms with Crippen molar-refractivity contribution in [2.75, 3.05) is 0 Å². The number of sulfonamides is 1. The van der Waals surface area contributed by atoms with E-state index in [9.17, 15) is 8.42 Å². The van der Waals surface area contributed by atoms with Gasteiger partial charge in [0.15, 0.2) is 6.39 Å². The number of aryl methyl sites for hydroxylation is 1. The Balaban J connectivity index is 1.64. The largest absolute Gasteiger partial charge is 0.490 e. The number of rotatable bonds is 6. The second kappa shape index (κ2) is 6.72. The van der Waals surface area contributed by atoms with Crippen LogP contribution in [0.3, 0.4) is 0 Å². The molecule has 1 aliphatic rings. The molecule has 1 aromatic heterocycles. The van der Waals surface area contributed by atoms with Crippen molar-refractivity contribution in [1.82, 2.24) is 9.71 Å². The smallest absolute Gasteiger partial charge is 0.240 e. The van der Waals surface area contributed by atoms with Gasteiger partial charge < -0.3 is 9.15 Å². The Labute approximate surface area is 135 Å². The van der Waals surface area contributed by atoms with Crippen LogP contribution in [-0.4, -0.2) is 19.5 Å². The van der Waals surface area contributed by atoms with E-state index in [-0.39, 0.29) is 17.5 Å². The Morgan fingerprint density at radius 1 is 1.26 bits per heavy atom. The van der Waals surface area contributed by atoms with Crippen LogP contribution < -0.4 is 9.46 Å². The number of hydrogen-bond donors (Lipinski definition) is 1. The van der Waals surface area contributed by atoms with Gasteiger partial charge in [0.25, 0.3) is 0 Å². The maximum Gasteiger partial charge on any atom is 0.240 e. The third-order valence-electron chi connectivity index (χ3n) is 4.01.